The van der Waals surface area contributed by atoms with E-state index in [1.165, 1.54) is 18.2 Å². The molecule has 0 spiro atoms. The molecule has 0 bridgehead atoms. The first-order valence-electron chi connectivity index (χ1n) is 12.2. The van der Waals surface area contributed by atoms with Crippen LogP contribution in [-0.4, -0.2) is 28.6 Å². The van der Waals surface area contributed by atoms with Gasteiger partial charge in [0.15, 0.2) is 5.11 Å². The first-order chi connectivity index (χ1) is 18.5. The Morgan fingerprint density at radius 1 is 1.15 bits per heavy atom. The van der Waals surface area contributed by atoms with E-state index in [0.29, 0.717) is 28.3 Å². The molecule has 0 aliphatic rings. The molecular weight excluding hydrogens is 547 g/mol. The number of ether oxygens (including phenoxy) is 2. The van der Waals surface area contributed by atoms with Gasteiger partial charge in [-0.1, -0.05) is 24.3 Å². The molecule has 216 valence electrons. The van der Waals surface area contributed by atoms with Crippen molar-refractivity contribution in [3.63, 3.8) is 0 Å². The lowest BCUT2D eigenvalue weighted by molar-refractivity contribution is -0.274. The van der Waals surface area contributed by atoms with Gasteiger partial charge in [-0.3, -0.25) is 14.8 Å². The van der Waals surface area contributed by atoms with Crippen molar-refractivity contribution in [3.8, 4) is 5.75 Å². The fraction of sp³-hybridized carbons (Fsp3) is 0.370. The summed E-state index contributed by atoms with van der Waals surface area (Å²) in [6.45, 7) is 8.42. The molecule has 0 fully saturated rings. The van der Waals surface area contributed by atoms with E-state index < -0.39 is 29.0 Å². The van der Waals surface area contributed by atoms with Crippen LogP contribution in [0.3, 0.4) is 0 Å². The van der Waals surface area contributed by atoms with E-state index in [1.54, 1.807) is 69.6 Å². The Kier molecular flexibility index (Phi) is 8.87. The third kappa shape index (κ3) is 8.01. The fourth-order valence-corrected chi connectivity index (χ4v) is 4.10. The number of esters is 1. The number of halogens is 3. The number of nitrogen functional groups attached to an aromatic ring is 1. The molecule has 5 N–H and O–H groups in total. The van der Waals surface area contributed by atoms with Crippen molar-refractivity contribution in [2.45, 2.75) is 53.1 Å². The molecule has 9 nitrogen and oxygen atoms in total. The van der Waals surface area contributed by atoms with Crippen molar-refractivity contribution in [3.05, 3.63) is 71.2 Å². The van der Waals surface area contributed by atoms with Gasteiger partial charge < -0.3 is 30.3 Å². The number of aromatic nitrogens is 1. The van der Waals surface area contributed by atoms with E-state index in [2.05, 4.69) is 15.4 Å². The summed E-state index contributed by atoms with van der Waals surface area (Å²) in [4.78, 5) is 12.6. The predicted molar refractivity (Wildman–Crippen MR) is 147 cm³/mol. The van der Waals surface area contributed by atoms with Crippen LogP contribution in [0, 0.1) is 17.7 Å². The molecule has 1 aromatic heterocycles. The Hall–Kier alpha value is -4.00. The third-order valence-electron chi connectivity index (χ3n) is 5.82. The Morgan fingerprint density at radius 3 is 2.42 bits per heavy atom. The zero-order valence-electron chi connectivity index (χ0n) is 22.7. The molecule has 1 atom stereocenters. The lowest BCUT2D eigenvalue weighted by Crippen LogP contribution is -2.49. The maximum atomic E-state index is 12.9. The average Bonchev–Trinajstić information content (AvgIpc) is 3.14. The standard InChI is InChI=1S/C27H32F3N5O4S/c1-16-13-35(23(32)38-16)14-17-8-6-11-20(31)21(17)33-24(40)34-26(5,15-37-22(36)25(2,3)4)18-9-7-10-19(12-18)39-27(28,29)30/h6-13,32H,14-15,31H2,1-5H3,(H2,33,34,40). The number of nitrogens with one attached hydrogen (secondary N) is 3. The van der Waals surface area contributed by atoms with Crippen molar-refractivity contribution in [1.82, 2.24) is 9.88 Å². The van der Waals surface area contributed by atoms with E-state index in [0.717, 1.165) is 0 Å². The van der Waals surface area contributed by atoms with Crippen molar-refractivity contribution in [2.24, 2.45) is 5.41 Å². The summed E-state index contributed by atoms with van der Waals surface area (Å²) < 4.78 is 55.2. The van der Waals surface area contributed by atoms with Crippen molar-refractivity contribution >= 4 is 34.7 Å². The Labute approximate surface area is 235 Å². The Morgan fingerprint density at radius 2 is 1.82 bits per heavy atom. The van der Waals surface area contributed by atoms with Crippen LogP contribution < -0.4 is 26.8 Å². The minimum atomic E-state index is -4.89. The number of oxazole rings is 1. The maximum absolute atomic E-state index is 12.9. The molecule has 0 amide bonds. The monoisotopic (exact) mass is 579 g/mol. The molecule has 0 saturated heterocycles. The van der Waals surface area contributed by atoms with Crippen LogP contribution in [0.4, 0.5) is 24.5 Å². The number of benzene rings is 2. The highest BCUT2D eigenvalue weighted by molar-refractivity contribution is 7.80. The highest BCUT2D eigenvalue weighted by Gasteiger charge is 2.35. The molecule has 0 saturated carbocycles. The van der Waals surface area contributed by atoms with Crippen LogP contribution in [0.15, 0.2) is 53.1 Å². The number of aryl methyl sites for hydroxylation is 1. The van der Waals surface area contributed by atoms with Crippen molar-refractivity contribution in [2.75, 3.05) is 17.7 Å². The lowest BCUT2D eigenvalue weighted by Gasteiger charge is -2.33. The SMILES string of the molecule is Cc1cn(Cc2cccc(N)c2NC(=S)NC(C)(COC(=O)C(C)(C)C)c2cccc(OC(F)(F)F)c2)c(=N)o1. The Bertz CT molecular complexity index is 1440. The minimum Gasteiger partial charge on any atom is -0.462 e. The van der Waals surface area contributed by atoms with Crippen LogP contribution in [0.5, 0.6) is 5.75 Å². The van der Waals surface area contributed by atoms with E-state index >= 15 is 0 Å². The number of hydrogen-bond donors (Lipinski definition) is 4. The molecule has 1 heterocycles. The summed E-state index contributed by atoms with van der Waals surface area (Å²) in [7, 11) is 0. The molecule has 0 aliphatic heterocycles. The molecular formula is C27H32F3N5O4S. The summed E-state index contributed by atoms with van der Waals surface area (Å²) >= 11 is 5.58. The number of nitrogens with zero attached hydrogens (tertiary/aromatic N) is 1. The van der Waals surface area contributed by atoms with E-state index in [-0.39, 0.29) is 23.9 Å². The second kappa shape index (κ2) is 11.6. The molecule has 3 rings (SSSR count). The van der Waals surface area contributed by atoms with Crippen LogP contribution >= 0.6 is 12.2 Å². The van der Waals surface area contributed by atoms with Gasteiger partial charge in [0.25, 0.3) is 5.68 Å². The number of thiocarbonyl (C=S) groups is 1. The van der Waals surface area contributed by atoms with E-state index in [1.807, 2.05) is 0 Å². The zero-order chi connectivity index (χ0) is 29.9. The summed E-state index contributed by atoms with van der Waals surface area (Å²) in [5.41, 5.74) is 5.98. The quantitative estimate of drug-likeness (QED) is 0.163. The number of para-hydroxylation sites is 1. The van der Waals surface area contributed by atoms with Gasteiger partial charge in [-0.25, -0.2) is 0 Å². The van der Waals surface area contributed by atoms with Gasteiger partial charge in [0.05, 0.1) is 28.9 Å². The van der Waals surface area contributed by atoms with Gasteiger partial charge in [0.1, 0.15) is 18.1 Å². The molecule has 0 aliphatic carbocycles. The van der Waals surface area contributed by atoms with Crippen LogP contribution in [-0.2, 0) is 21.6 Å². The smallest absolute Gasteiger partial charge is 0.462 e. The second-order valence-electron chi connectivity index (χ2n) is 10.5. The summed E-state index contributed by atoms with van der Waals surface area (Å²) in [6.07, 6.45) is -3.20. The topological polar surface area (TPSA) is 128 Å². The largest absolute Gasteiger partial charge is 0.573 e. The molecule has 0 radical (unpaired) electrons. The predicted octanol–water partition coefficient (Wildman–Crippen LogP) is 5.19. The lowest BCUT2D eigenvalue weighted by atomic mass is 9.92. The van der Waals surface area contributed by atoms with Crippen LogP contribution in [0.1, 0.15) is 44.6 Å². The van der Waals surface area contributed by atoms with Gasteiger partial charge in [-0.2, -0.15) is 0 Å². The number of carbonyl (C=O) groups excluding carboxylic acids is 1. The van der Waals surface area contributed by atoms with Crippen LogP contribution in [0.2, 0.25) is 0 Å². The minimum absolute atomic E-state index is 0.0410. The summed E-state index contributed by atoms with van der Waals surface area (Å²) in [5.74, 6) is -0.375. The van der Waals surface area contributed by atoms with Crippen molar-refractivity contribution < 1.29 is 31.9 Å². The number of anilines is 2. The van der Waals surface area contributed by atoms with Gasteiger partial charge in [-0.15, -0.1) is 13.2 Å². The van der Waals surface area contributed by atoms with Crippen molar-refractivity contribution in [1.29, 1.82) is 5.41 Å². The third-order valence-corrected chi connectivity index (χ3v) is 6.02. The maximum Gasteiger partial charge on any atom is 0.573 e. The van der Waals surface area contributed by atoms with Gasteiger partial charge in [0.2, 0.25) is 0 Å². The first-order valence-corrected chi connectivity index (χ1v) is 12.6. The van der Waals surface area contributed by atoms with Gasteiger partial charge in [-0.05, 0) is 76.2 Å². The molecule has 1 unspecified atom stereocenters. The number of nitrogens with two attached hydrogens (primary N) is 1. The molecule has 2 aromatic carbocycles. The number of rotatable bonds is 8. The van der Waals surface area contributed by atoms with Gasteiger partial charge in [0, 0.05) is 6.20 Å². The number of hydrogen-bond acceptors (Lipinski definition) is 7. The molecule has 13 heteroatoms. The van der Waals surface area contributed by atoms with Crippen LogP contribution in [0.25, 0.3) is 0 Å². The highest BCUT2D eigenvalue weighted by atomic mass is 32.1. The van der Waals surface area contributed by atoms with Gasteiger partial charge >= 0.3 is 12.3 Å². The summed E-state index contributed by atoms with van der Waals surface area (Å²) in [5, 5.41) is 14.2. The molecule has 3 aromatic rings. The number of alkyl halides is 3. The average molecular weight is 580 g/mol. The molecule has 40 heavy (non-hydrogen) atoms. The first kappa shape index (κ1) is 30.5. The second-order valence-corrected chi connectivity index (χ2v) is 10.9. The zero-order valence-corrected chi connectivity index (χ0v) is 23.5. The van der Waals surface area contributed by atoms with E-state index in [9.17, 15) is 18.0 Å². The number of carbonyl (C=O) groups is 1. The normalized spacial score (nSPS) is 13.3. The highest BCUT2D eigenvalue weighted by Crippen LogP contribution is 2.30. The summed E-state index contributed by atoms with van der Waals surface area (Å²) in [6, 6.07) is 10.6. The van der Waals surface area contributed by atoms with E-state index in [4.69, 9.17) is 32.5 Å². The fourth-order valence-electron chi connectivity index (χ4n) is 3.77. The Balaban J connectivity index is 1.92.